The van der Waals surface area contributed by atoms with E-state index in [9.17, 15) is 13.6 Å². The van der Waals surface area contributed by atoms with Crippen LogP contribution in [0.2, 0.25) is 0 Å². The van der Waals surface area contributed by atoms with E-state index in [0.29, 0.717) is 6.42 Å². The van der Waals surface area contributed by atoms with Crippen molar-refractivity contribution in [3.8, 4) is 0 Å². The van der Waals surface area contributed by atoms with Crippen LogP contribution in [0.4, 0.5) is 8.78 Å². The van der Waals surface area contributed by atoms with Gasteiger partial charge in [-0.05, 0) is 18.9 Å². The molecule has 0 unspecified atom stereocenters. The van der Waals surface area contributed by atoms with E-state index in [0.717, 1.165) is 6.08 Å². The van der Waals surface area contributed by atoms with Gasteiger partial charge in [-0.1, -0.05) is 0 Å². The van der Waals surface area contributed by atoms with Gasteiger partial charge in [0.25, 0.3) is 6.08 Å². The summed E-state index contributed by atoms with van der Waals surface area (Å²) in [6.45, 7) is 0. The van der Waals surface area contributed by atoms with Gasteiger partial charge < -0.3 is 4.74 Å². The highest BCUT2D eigenvalue weighted by atomic mass is 19.3. The number of carbonyl (C=O) groups excluding carboxylic acids is 1. The largest absolute Gasteiger partial charge is 0.469 e. The first kappa shape index (κ1) is 10.1. The zero-order valence-electron chi connectivity index (χ0n) is 6.27. The fourth-order valence-corrected chi connectivity index (χ4v) is 0.560. The second-order valence-corrected chi connectivity index (χ2v) is 1.96. The number of unbranched alkanes of at least 4 members (excludes halogenated alkanes) is 1. The van der Waals surface area contributed by atoms with Gasteiger partial charge in [0.1, 0.15) is 0 Å². The lowest BCUT2D eigenvalue weighted by molar-refractivity contribution is -0.140. The summed E-state index contributed by atoms with van der Waals surface area (Å²) in [6.07, 6.45) is -0.0835. The lowest BCUT2D eigenvalue weighted by atomic mass is 10.2. The number of allylic oxidation sites excluding steroid dienone is 1. The van der Waals surface area contributed by atoms with Crippen molar-refractivity contribution in [1.82, 2.24) is 0 Å². The van der Waals surface area contributed by atoms with Gasteiger partial charge >= 0.3 is 5.97 Å². The second-order valence-electron chi connectivity index (χ2n) is 1.96. The van der Waals surface area contributed by atoms with Crippen LogP contribution >= 0.6 is 0 Å². The molecule has 0 atom stereocenters. The molecule has 0 bridgehead atoms. The molecule has 0 N–H and O–H groups in total. The highest BCUT2D eigenvalue weighted by molar-refractivity contribution is 5.68. The molecule has 2 nitrogen and oxygen atoms in total. The van der Waals surface area contributed by atoms with Crippen molar-refractivity contribution in [2.75, 3.05) is 7.11 Å². The van der Waals surface area contributed by atoms with E-state index in [-0.39, 0.29) is 18.8 Å². The average molecular weight is 164 g/mol. The minimum atomic E-state index is -1.70. The molecule has 0 aliphatic carbocycles. The predicted octanol–water partition coefficient (Wildman–Crippen LogP) is 2.11. The highest BCUT2D eigenvalue weighted by Crippen LogP contribution is 2.03. The number of ether oxygens (including phenoxy) is 1. The van der Waals surface area contributed by atoms with Gasteiger partial charge in [-0.2, -0.15) is 8.78 Å². The molecule has 0 fully saturated rings. The Hall–Kier alpha value is -0.930. The minimum absolute atomic E-state index is 0.195. The Morgan fingerprint density at radius 1 is 1.55 bits per heavy atom. The Morgan fingerprint density at radius 2 is 2.18 bits per heavy atom. The van der Waals surface area contributed by atoms with Gasteiger partial charge in [-0.3, -0.25) is 4.79 Å². The van der Waals surface area contributed by atoms with E-state index < -0.39 is 6.08 Å². The molecule has 0 heterocycles. The van der Waals surface area contributed by atoms with Crippen molar-refractivity contribution in [2.24, 2.45) is 0 Å². The van der Waals surface area contributed by atoms with Crippen LogP contribution in [0.15, 0.2) is 12.2 Å². The number of hydrogen-bond donors (Lipinski definition) is 0. The first-order valence-electron chi connectivity index (χ1n) is 3.24. The zero-order valence-corrected chi connectivity index (χ0v) is 6.27. The number of carbonyl (C=O) groups is 1. The predicted molar refractivity (Wildman–Crippen MR) is 36.2 cm³/mol. The fourth-order valence-electron chi connectivity index (χ4n) is 0.560. The average Bonchev–Trinajstić information content (AvgIpc) is 1.97. The maximum absolute atomic E-state index is 11.4. The Morgan fingerprint density at radius 3 is 2.64 bits per heavy atom. The number of hydrogen-bond acceptors (Lipinski definition) is 2. The van der Waals surface area contributed by atoms with Gasteiger partial charge in [-0.25, -0.2) is 0 Å². The number of esters is 1. The van der Waals surface area contributed by atoms with E-state index in [1.807, 2.05) is 0 Å². The third-order valence-electron chi connectivity index (χ3n) is 1.11. The van der Waals surface area contributed by atoms with Crippen LogP contribution in [0.3, 0.4) is 0 Å². The summed E-state index contributed by atoms with van der Waals surface area (Å²) in [7, 11) is 1.27. The van der Waals surface area contributed by atoms with Crippen molar-refractivity contribution in [2.45, 2.75) is 19.3 Å². The van der Waals surface area contributed by atoms with Crippen LogP contribution in [-0.2, 0) is 9.53 Å². The van der Waals surface area contributed by atoms with Crippen molar-refractivity contribution in [3.05, 3.63) is 12.2 Å². The van der Waals surface area contributed by atoms with Crippen LogP contribution in [-0.4, -0.2) is 13.1 Å². The Balaban J connectivity index is 3.28. The molecule has 0 aromatic carbocycles. The Bertz CT molecular complexity index is 151. The topological polar surface area (TPSA) is 26.3 Å². The van der Waals surface area contributed by atoms with Crippen molar-refractivity contribution in [1.29, 1.82) is 0 Å². The Labute approximate surface area is 63.8 Å². The fraction of sp³-hybridized carbons (Fsp3) is 0.571. The summed E-state index contributed by atoms with van der Waals surface area (Å²) >= 11 is 0. The smallest absolute Gasteiger partial charge is 0.305 e. The highest BCUT2D eigenvalue weighted by Gasteiger charge is 1.97. The lowest BCUT2D eigenvalue weighted by Gasteiger charge is -1.94. The monoisotopic (exact) mass is 164 g/mol. The molecule has 0 saturated carbocycles. The molecule has 0 amide bonds. The molecule has 0 aromatic heterocycles. The van der Waals surface area contributed by atoms with Gasteiger partial charge in [0, 0.05) is 6.42 Å². The van der Waals surface area contributed by atoms with Crippen LogP contribution in [0.25, 0.3) is 0 Å². The van der Waals surface area contributed by atoms with Crippen molar-refractivity contribution >= 4 is 5.97 Å². The lowest BCUT2D eigenvalue weighted by Crippen LogP contribution is -1.98. The molecule has 64 valence electrons. The van der Waals surface area contributed by atoms with Crippen LogP contribution in [0.1, 0.15) is 19.3 Å². The van der Waals surface area contributed by atoms with E-state index in [1.165, 1.54) is 7.11 Å². The first-order chi connectivity index (χ1) is 5.16. The van der Waals surface area contributed by atoms with Gasteiger partial charge in [-0.15, -0.1) is 0 Å². The van der Waals surface area contributed by atoms with E-state index in [4.69, 9.17) is 0 Å². The molecular weight excluding hydrogens is 154 g/mol. The van der Waals surface area contributed by atoms with Crippen molar-refractivity contribution < 1.29 is 18.3 Å². The summed E-state index contributed by atoms with van der Waals surface area (Å²) in [5, 5.41) is 0. The molecule has 0 aliphatic rings. The molecule has 11 heavy (non-hydrogen) atoms. The first-order valence-corrected chi connectivity index (χ1v) is 3.24. The maximum Gasteiger partial charge on any atom is 0.305 e. The zero-order chi connectivity index (χ0) is 8.69. The third kappa shape index (κ3) is 6.96. The third-order valence-corrected chi connectivity index (χ3v) is 1.11. The molecule has 4 heteroatoms. The van der Waals surface area contributed by atoms with Gasteiger partial charge in [0.15, 0.2) is 0 Å². The van der Waals surface area contributed by atoms with E-state index in [1.54, 1.807) is 0 Å². The number of methoxy groups -OCH3 is 1. The molecular formula is C7H10F2O2. The van der Waals surface area contributed by atoms with Gasteiger partial charge in [0.2, 0.25) is 0 Å². The van der Waals surface area contributed by atoms with Crippen molar-refractivity contribution in [3.63, 3.8) is 0 Å². The number of halogens is 2. The standard InChI is InChI=1S/C7H10F2O2/c1-11-7(10)5-3-2-4-6(8)9/h4H,2-3,5H2,1H3. The quantitative estimate of drug-likeness (QED) is 0.470. The normalized spacial score (nSPS) is 9.00. The van der Waals surface area contributed by atoms with Crippen LogP contribution in [0, 0.1) is 0 Å². The van der Waals surface area contributed by atoms with Crippen LogP contribution in [0.5, 0.6) is 0 Å². The molecule has 0 spiro atoms. The second kappa shape index (κ2) is 5.82. The Kier molecular flexibility index (Phi) is 5.33. The summed E-state index contributed by atoms with van der Waals surface area (Å²) in [4.78, 5) is 10.4. The molecule has 0 rings (SSSR count). The summed E-state index contributed by atoms with van der Waals surface area (Å²) in [5.74, 6) is -0.363. The van der Waals surface area contributed by atoms with E-state index in [2.05, 4.69) is 4.74 Å². The van der Waals surface area contributed by atoms with Crippen LogP contribution < -0.4 is 0 Å². The molecule has 0 radical (unpaired) electrons. The maximum atomic E-state index is 11.4. The minimum Gasteiger partial charge on any atom is -0.469 e. The van der Waals surface area contributed by atoms with E-state index >= 15 is 0 Å². The molecule has 0 aliphatic heterocycles. The summed E-state index contributed by atoms with van der Waals surface area (Å²) < 4.78 is 27.1. The summed E-state index contributed by atoms with van der Waals surface area (Å²) in [5.41, 5.74) is 0. The number of rotatable bonds is 4. The molecule has 0 aromatic rings. The SMILES string of the molecule is COC(=O)CCCC=C(F)F. The molecule has 0 saturated heterocycles. The van der Waals surface area contributed by atoms with Gasteiger partial charge in [0.05, 0.1) is 7.11 Å². The summed E-state index contributed by atoms with van der Waals surface area (Å²) in [6, 6.07) is 0.